The van der Waals surface area contributed by atoms with Gasteiger partial charge in [-0.3, -0.25) is 19.8 Å². The summed E-state index contributed by atoms with van der Waals surface area (Å²) in [4.78, 5) is 24.8. The molecule has 0 amide bonds. The molecule has 112 valence electrons. The van der Waals surface area contributed by atoms with E-state index in [9.17, 15) is 14.9 Å². The molecule has 3 rings (SSSR count). The molecule has 0 spiro atoms. The highest BCUT2D eigenvalue weighted by Gasteiger charge is 2.30. The maximum absolute atomic E-state index is 12.3. The monoisotopic (exact) mass is 288 g/mol. The maximum atomic E-state index is 12.3. The normalized spacial score (nSPS) is 18.0. The summed E-state index contributed by atoms with van der Waals surface area (Å²) < 4.78 is 0. The van der Waals surface area contributed by atoms with E-state index >= 15 is 0 Å². The van der Waals surface area contributed by atoms with E-state index in [1.165, 1.54) is 37.8 Å². The first-order valence-corrected chi connectivity index (χ1v) is 7.62. The Morgan fingerprint density at radius 3 is 2.05 bits per heavy atom. The highest BCUT2D eigenvalue weighted by molar-refractivity contribution is 5.97. The Balaban J connectivity index is 1.60. The average molecular weight is 288 g/mol. The molecule has 0 heterocycles. The number of carbonyl (C=O) groups is 1. The van der Waals surface area contributed by atoms with Crippen molar-refractivity contribution in [3.8, 4) is 0 Å². The van der Waals surface area contributed by atoms with Crippen LogP contribution in [0.3, 0.4) is 0 Å². The average Bonchev–Trinajstić information content (AvgIpc) is 3.35. The second-order valence-electron chi connectivity index (χ2n) is 6.31. The van der Waals surface area contributed by atoms with E-state index < -0.39 is 4.92 Å². The topological polar surface area (TPSA) is 63.5 Å². The first-order chi connectivity index (χ1) is 10.1. The van der Waals surface area contributed by atoms with Gasteiger partial charge in [0.1, 0.15) is 0 Å². The van der Waals surface area contributed by atoms with Crippen LogP contribution in [0.5, 0.6) is 0 Å². The van der Waals surface area contributed by atoms with Gasteiger partial charge in [-0.2, -0.15) is 0 Å². The molecule has 1 aromatic carbocycles. The third-order valence-electron chi connectivity index (χ3n) is 4.19. The fraction of sp³-hybridized carbons (Fsp3) is 0.562. The van der Waals surface area contributed by atoms with E-state index in [0.29, 0.717) is 12.1 Å². The van der Waals surface area contributed by atoms with Crippen molar-refractivity contribution in [2.75, 3.05) is 19.6 Å². The molecule has 0 bridgehead atoms. The summed E-state index contributed by atoms with van der Waals surface area (Å²) in [7, 11) is 0. The smallest absolute Gasteiger partial charge is 0.269 e. The van der Waals surface area contributed by atoms with Crippen LogP contribution in [-0.2, 0) is 0 Å². The molecule has 2 fully saturated rings. The molecule has 5 heteroatoms. The predicted octanol–water partition coefficient (Wildman–Crippen LogP) is 2.90. The van der Waals surface area contributed by atoms with Gasteiger partial charge in [-0.05, 0) is 49.7 Å². The van der Waals surface area contributed by atoms with Crippen LogP contribution in [0.2, 0.25) is 0 Å². The Morgan fingerprint density at radius 2 is 1.62 bits per heavy atom. The highest BCUT2D eigenvalue weighted by Crippen LogP contribution is 2.33. The number of nitro groups is 1. The first kappa shape index (κ1) is 14.2. The van der Waals surface area contributed by atoms with Crippen molar-refractivity contribution in [3.05, 3.63) is 39.9 Å². The summed E-state index contributed by atoms with van der Waals surface area (Å²) in [6.07, 6.45) is 5.14. The Bertz CT molecular complexity index is 519. The van der Waals surface area contributed by atoms with E-state index in [2.05, 4.69) is 4.90 Å². The summed E-state index contributed by atoms with van der Waals surface area (Å²) in [5.41, 5.74) is 0.594. The lowest BCUT2D eigenvalue weighted by atomic mass is 10.1. The minimum atomic E-state index is -0.444. The van der Waals surface area contributed by atoms with Crippen LogP contribution in [0, 0.1) is 22.0 Å². The van der Waals surface area contributed by atoms with Crippen LogP contribution in [-0.4, -0.2) is 35.2 Å². The van der Waals surface area contributed by atoms with Gasteiger partial charge in [0.05, 0.1) is 11.5 Å². The van der Waals surface area contributed by atoms with Crippen molar-refractivity contribution in [2.45, 2.75) is 25.7 Å². The number of carbonyl (C=O) groups excluding carboxylic acids is 1. The molecule has 2 saturated carbocycles. The third kappa shape index (κ3) is 4.11. The summed E-state index contributed by atoms with van der Waals surface area (Å²) >= 11 is 0. The molecule has 21 heavy (non-hydrogen) atoms. The molecule has 0 radical (unpaired) electrons. The molecule has 5 nitrogen and oxygen atoms in total. The minimum absolute atomic E-state index is 0.0272. The van der Waals surface area contributed by atoms with Gasteiger partial charge >= 0.3 is 0 Å². The number of hydrogen-bond donors (Lipinski definition) is 0. The quantitative estimate of drug-likeness (QED) is 0.419. The standard InChI is InChI=1S/C16H20N2O3/c19-16(14-5-7-15(8-6-14)18(20)21)11-17(9-12-1-2-12)10-13-3-4-13/h5-8,12-13H,1-4,9-11H2. The van der Waals surface area contributed by atoms with Gasteiger partial charge in [-0.1, -0.05) is 0 Å². The molecule has 0 atom stereocenters. The van der Waals surface area contributed by atoms with Gasteiger partial charge in [0.25, 0.3) is 5.69 Å². The summed E-state index contributed by atoms with van der Waals surface area (Å²) in [6, 6.07) is 5.93. The number of non-ortho nitro benzene ring substituents is 1. The van der Waals surface area contributed by atoms with Gasteiger partial charge in [0.2, 0.25) is 0 Å². The molecular formula is C16H20N2O3. The summed E-state index contributed by atoms with van der Waals surface area (Å²) in [5.74, 6) is 1.60. The van der Waals surface area contributed by atoms with Crippen LogP contribution < -0.4 is 0 Å². The van der Waals surface area contributed by atoms with Gasteiger partial charge in [0.15, 0.2) is 5.78 Å². The van der Waals surface area contributed by atoms with Gasteiger partial charge in [-0.25, -0.2) is 0 Å². The second kappa shape index (κ2) is 5.93. The van der Waals surface area contributed by atoms with Crippen LogP contribution in [0.15, 0.2) is 24.3 Å². The van der Waals surface area contributed by atoms with Crippen molar-refractivity contribution in [1.29, 1.82) is 0 Å². The van der Waals surface area contributed by atoms with Crippen LogP contribution >= 0.6 is 0 Å². The van der Waals surface area contributed by atoms with E-state index in [-0.39, 0.29) is 11.5 Å². The van der Waals surface area contributed by atoms with Crippen molar-refractivity contribution in [1.82, 2.24) is 4.90 Å². The fourth-order valence-corrected chi connectivity index (χ4v) is 2.60. The Labute approximate surface area is 124 Å². The number of hydrogen-bond acceptors (Lipinski definition) is 4. The van der Waals surface area contributed by atoms with E-state index in [4.69, 9.17) is 0 Å². The number of ketones is 1. The van der Waals surface area contributed by atoms with Crippen LogP contribution in [0.4, 0.5) is 5.69 Å². The number of rotatable bonds is 8. The first-order valence-electron chi connectivity index (χ1n) is 7.62. The zero-order valence-electron chi connectivity index (χ0n) is 12.0. The summed E-state index contributed by atoms with van der Waals surface area (Å²) in [5, 5.41) is 10.6. The molecule has 0 unspecified atom stereocenters. The molecule has 2 aliphatic rings. The molecule has 1 aromatic rings. The molecule has 0 aliphatic heterocycles. The molecule has 0 N–H and O–H groups in total. The fourth-order valence-electron chi connectivity index (χ4n) is 2.60. The van der Waals surface area contributed by atoms with Crippen LogP contribution in [0.1, 0.15) is 36.0 Å². The Kier molecular flexibility index (Phi) is 4.01. The van der Waals surface area contributed by atoms with E-state index in [0.717, 1.165) is 24.9 Å². The third-order valence-corrected chi connectivity index (χ3v) is 4.19. The predicted molar refractivity (Wildman–Crippen MR) is 79.3 cm³/mol. The lowest BCUT2D eigenvalue weighted by Gasteiger charge is -2.21. The lowest BCUT2D eigenvalue weighted by molar-refractivity contribution is -0.384. The molecule has 0 aromatic heterocycles. The number of Topliss-reactive ketones (excluding diaryl/α,β-unsaturated/α-hetero) is 1. The maximum Gasteiger partial charge on any atom is 0.269 e. The van der Waals surface area contributed by atoms with Gasteiger partial charge in [-0.15, -0.1) is 0 Å². The molecule has 2 aliphatic carbocycles. The Morgan fingerprint density at radius 1 is 1.10 bits per heavy atom. The van der Waals surface area contributed by atoms with E-state index in [1.807, 2.05) is 0 Å². The highest BCUT2D eigenvalue weighted by atomic mass is 16.6. The lowest BCUT2D eigenvalue weighted by Crippen LogP contribution is -2.33. The van der Waals surface area contributed by atoms with Gasteiger partial charge in [0, 0.05) is 30.8 Å². The van der Waals surface area contributed by atoms with Crippen molar-refractivity contribution in [2.24, 2.45) is 11.8 Å². The number of benzene rings is 1. The van der Waals surface area contributed by atoms with E-state index in [1.54, 1.807) is 12.1 Å². The van der Waals surface area contributed by atoms with Gasteiger partial charge < -0.3 is 0 Å². The van der Waals surface area contributed by atoms with Crippen molar-refractivity contribution >= 4 is 11.5 Å². The number of nitrogens with zero attached hydrogens (tertiary/aromatic N) is 2. The second-order valence-corrected chi connectivity index (χ2v) is 6.31. The van der Waals surface area contributed by atoms with Crippen molar-refractivity contribution in [3.63, 3.8) is 0 Å². The minimum Gasteiger partial charge on any atom is -0.295 e. The largest absolute Gasteiger partial charge is 0.295 e. The summed E-state index contributed by atoms with van der Waals surface area (Å²) in [6.45, 7) is 2.48. The van der Waals surface area contributed by atoms with Crippen molar-refractivity contribution < 1.29 is 9.72 Å². The zero-order valence-corrected chi connectivity index (χ0v) is 12.0. The number of nitro benzene ring substituents is 1. The zero-order chi connectivity index (χ0) is 14.8. The van der Waals surface area contributed by atoms with Crippen LogP contribution in [0.25, 0.3) is 0 Å². The molecular weight excluding hydrogens is 268 g/mol. The SMILES string of the molecule is O=C(CN(CC1CC1)CC1CC1)c1ccc([N+](=O)[O-])cc1. The molecule has 0 saturated heterocycles. The Hall–Kier alpha value is -1.75.